The summed E-state index contributed by atoms with van der Waals surface area (Å²) in [5, 5.41) is 13.8. The number of rotatable bonds is 6. The third-order valence-corrected chi connectivity index (χ3v) is 5.14. The Morgan fingerprint density at radius 2 is 2.26 bits per heavy atom. The maximum absolute atomic E-state index is 9.91. The van der Waals surface area contributed by atoms with Crippen molar-refractivity contribution in [2.45, 2.75) is 61.8 Å². The second kappa shape index (κ2) is 7.32. The molecule has 2 nitrogen and oxygen atoms in total. The first-order valence-corrected chi connectivity index (χ1v) is 8.26. The fraction of sp³-hybridized carbons (Fsp3) is 0.625. The van der Waals surface area contributed by atoms with E-state index in [0.717, 1.165) is 32.2 Å². The lowest BCUT2D eigenvalue weighted by atomic mass is 10.1. The van der Waals surface area contributed by atoms with Crippen LogP contribution in [0.1, 0.15) is 51.1 Å². The number of nitrogens with one attached hydrogen (secondary N) is 1. The van der Waals surface area contributed by atoms with E-state index in [2.05, 4.69) is 43.4 Å². The van der Waals surface area contributed by atoms with Crippen LogP contribution in [0.2, 0.25) is 0 Å². The molecule has 1 saturated carbocycles. The van der Waals surface area contributed by atoms with Gasteiger partial charge in [-0.15, -0.1) is 11.8 Å². The molecule has 3 heteroatoms. The fourth-order valence-corrected chi connectivity index (χ4v) is 3.84. The lowest BCUT2D eigenvalue weighted by molar-refractivity contribution is 0.188. The van der Waals surface area contributed by atoms with Crippen LogP contribution in [0.4, 0.5) is 0 Å². The molecule has 106 valence electrons. The van der Waals surface area contributed by atoms with E-state index in [-0.39, 0.29) is 6.10 Å². The Hall–Kier alpha value is -0.510. The summed E-state index contributed by atoms with van der Waals surface area (Å²) in [5.74, 6) is 0. The van der Waals surface area contributed by atoms with Crippen LogP contribution in [-0.2, 0) is 0 Å². The van der Waals surface area contributed by atoms with Crippen LogP contribution in [0.3, 0.4) is 0 Å². The Balaban J connectivity index is 1.98. The zero-order valence-corrected chi connectivity index (χ0v) is 12.7. The summed E-state index contributed by atoms with van der Waals surface area (Å²) in [7, 11) is 0. The number of aliphatic hydroxyl groups is 1. The summed E-state index contributed by atoms with van der Waals surface area (Å²) >= 11 is 1.84. The highest BCUT2D eigenvalue weighted by atomic mass is 32.2. The monoisotopic (exact) mass is 279 g/mol. The summed E-state index contributed by atoms with van der Waals surface area (Å²) in [6.07, 6.45) is 4.30. The molecule has 1 aromatic carbocycles. The molecule has 2 rings (SSSR count). The molecule has 0 amide bonds. The van der Waals surface area contributed by atoms with E-state index >= 15 is 0 Å². The minimum absolute atomic E-state index is 0.121. The van der Waals surface area contributed by atoms with Gasteiger partial charge in [0, 0.05) is 16.2 Å². The highest BCUT2D eigenvalue weighted by Crippen LogP contribution is 2.35. The zero-order chi connectivity index (χ0) is 13.7. The number of benzene rings is 1. The topological polar surface area (TPSA) is 32.3 Å². The quantitative estimate of drug-likeness (QED) is 0.832. The van der Waals surface area contributed by atoms with Crippen LogP contribution in [-0.4, -0.2) is 23.0 Å². The Labute approximate surface area is 121 Å². The summed E-state index contributed by atoms with van der Waals surface area (Å²) in [6, 6.07) is 9.13. The van der Waals surface area contributed by atoms with Gasteiger partial charge >= 0.3 is 0 Å². The standard InChI is InChI=1S/C16H25NOS/c1-3-10-17-12(2)13-6-4-7-14(11-13)19-16-9-5-8-15(16)18/h4,6-7,11-12,15-18H,3,5,8-10H2,1-2H3. The van der Waals surface area contributed by atoms with E-state index in [1.54, 1.807) is 0 Å². The van der Waals surface area contributed by atoms with Gasteiger partial charge in [-0.2, -0.15) is 0 Å². The van der Waals surface area contributed by atoms with E-state index in [9.17, 15) is 5.11 Å². The predicted octanol–water partition coefficient (Wildman–Crippen LogP) is 3.75. The van der Waals surface area contributed by atoms with Crippen molar-refractivity contribution in [1.29, 1.82) is 0 Å². The van der Waals surface area contributed by atoms with Crippen LogP contribution < -0.4 is 5.32 Å². The molecular weight excluding hydrogens is 254 g/mol. The smallest absolute Gasteiger partial charge is 0.0662 e. The average Bonchev–Trinajstić information content (AvgIpc) is 2.82. The lowest BCUT2D eigenvalue weighted by Crippen LogP contribution is -2.19. The van der Waals surface area contributed by atoms with Gasteiger partial charge in [0.2, 0.25) is 0 Å². The minimum Gasteiger partial charge on any atom is -0.392 e. The molecule has 2 N–H and O–H groups in total. The number of thioether (sulfide) groups is 1. The molecular formula is C16H25NOS. The van der Waals surface area contributed by atoms with Gasteiger partial charge < -0.3 is 10.4 Å². The van der Waals surface area contributed by atoms with E-state index in [1.165, 1.54) is 10.5 Å². The summed E-state index contributed by atoms with van der Waals surface area (Å²) < 4.78 is 0. The van der Waals surface area contributed by atoms with Crippen molar-refractivity contribution in [3.05, 3.63) is 29.8 Å². The van der Waals surface area contributed by atoms with Crippen LogP contribution >= 0.6 is 11.8 Å². The summed E-state index contributed by atoms with van der Waals surface area (Å²) in [5.41, 5.74) is 1.34. The largest absolute Gasteiger partial charge is 0.392 e. The second-order valence-electron chi connectivity index (χ2n) is 5.40. The Morgan fingerprint density at radius 1 is 1.42 bits per heavy atom. The highest BCUT2D eigenvalue weighted by Gasteiger charge is 2.26. The van der Waals surface area contributed by atoms with Crippen molar-refractivity contribution in [2.24, 2.45) is 0 Å². The Morgan fingerprint density at radius 3 is 2.95 bits per heavy atom. The van der Waals surface area contributed by atoms with Gasteiger partial charge in [0.05, 0.1) is 6.10 Å². The number of aliphatic hydroxyl groups excluding tert-OH is 1. The molecule has 0 bridgehead atoms. The van der Waals surface area contributed by atoms with Gasteiger partial charge in [-0.25, -0.2) is 0 Å². The zero-order valence-electron chi connectivity index (χ0n) is 11.9. The maximum atomic E-state index is 9.91. The highest BCUT2D eigenvalue weighted by molar-refractivity contribution is 8.00. The van der Waals surface area contributed by atoms with E-state index in [0.29, 0.717) is 11.3 Å². The number of hydrogen-bond donors (Lipinski definition) is 2. The third-order valence-electron chi connectivity index (χ3n) is 3.76. The van der Waals surface area contributed by atoms with Crippen molar-refractivity contribution in [2.75, 3.05) is 6.54 Å². The van der Waals surface area contributed by atoms with Gasteiger partial charge in [-0.3, -0.25) is 0 Å². The van der Waals surface area contributed by atoms with Crippen LogP contribution in [0.15, 0.2) is 29.2 Å². The molecule has 1 aromatic rings. The molecule has 0 aromatic heterocycles. The Kier molecular flexibility index (Phi) is 5.74. The van der Waals surface area contributed by atoms with Gasteiger partial charge in [0.1, 0.15) is 0 Å². The number of hydrogen-bond acceptors (Lipinski definition) is 3. The predicted molar refractivity (Wildman–Crippen MR) is 82.7 cm³/mol. The van der Waals surface area contributed by atoms with Crippen LogP contribution in [0.25, 0.3) is 0 Å². The van der Waals surface area contributed by atoms with Crippen molar-refractivity contribution >= 4 is 11.8 Å². The van der Waals surface area contributed by atoms with Crippen LogP contribution in [0, 0.1) is 0 Å². The summed E-state index contributed by atoms with van der Waals surface area (Å²) in [4.78, 5) is 1.29. The van der Waals surface area contributed by atoms with E-state index in [1.807, 2.05) is 11.8 Å². The van der Waals surface area contributed by atoms with Crippen molar-refractivity contribution in [3.63, 3.8) is 0 Å². The van der Waals surface area contributed by atoms with Crippen molar-refractivity contribution in [3.8, 4) is 0 Å². The molecule has 0 heterocycles. The summed E-state index contributed by atoms with van der Waals surface area (Å²) in [6.45, 7) is 5.46. The molecule has 0 saturated heterocycles. The molecule has 1 aliphatic carbocycles. The molecule has 0 radical (unpaired) electrons. The molecule has 3 atom stereocenters. The molecule has 19 heavy (non-hydrogen) atoms. The first kappa shape index (κ1) is 14.9. The normalized spacial score (nSPS) is 24.6. The fourth-order valence-electron chi connectivity index (χ4n) is 2.55. The van der Waals surface area contributed by atoms with Crippen molar-refractivity contribution in [1.82, 2.24) is 5.32 Å². The van der Waals surface area contributed by atoms with Crippen LogP contribution in [0.5, 0.6) is 0 Å². The average molecular weight is 279 g/mol. The van der Waals surface area contributed by atoms with Gasteiger partial charge in [-0.05, 0) is 56.8 Å². The van der Waals surface area contributed by atoms with E-state index in [4.69, 9.17) is 0 Å². The maximum Gasteiger partial charge on any atom is 0.0662 e. The second-order valence-corrected chi connectivity index (χ2v) is 6.72. The first-order valence-electron chi connectivity index (χ1n) is 7.38. The first-order chi connectivity index (χ1) is 9.20. The van der Waals surface area contributed by atoms with Crippen molar-refractivity contribution < 1.29 is 5.11 Å². The lowest BCUT2D eigenvalue weighted by Gasteiger charge is -2.17. The minimum atomic E-state index is -0.121. The Bertz CT molecular complexity index is 396. The van der Waals surface area contributed by atoms with Gasteiger partial charge in [-0.1, -0.05) is 19.1 Å². The molecule has 0 aliphatic heterocycles. The van der Waals surface area contributed by atoms with Gasteiger partial charge in [0.25, 0.3) is 0 Å². The molecule has 0 spiro atoms. The molecule has 1 aliphatic rings. The SMILES string of the molecule is CCCNC(C)c1cccc(SC2CCCC2O)c1. The molecule has 1 fully saturated rings. The van der Waals surface area contributed by atoms with E-state index < -0.39 is 0 Å². The third kappa shape index (κ3) is 4.23. The van der Waals surface area contributed by atoms with Gasteiger partial charge in [0.15, 0.2) is 0 Å². The molecule has 3 unspecified atom stereocenters.